The van der Waals surface area contributed by atoms with Crippen molar-refractivity contribution >= 4 is 52.0 Å². The lowest BCUT2D eigenvalue weighted by atomic mass is 9.95. The van der Waals surface area contributed by atoms with Crippen LogP contribution in [0.5, 0.6) is 5.75 Å². The Bertz CT molecular complexity index is 1270. The fourth-order valence-electron chi connectivity index (χ4n) is 3.92. The molecule has 0 saturated carbocycles. The lowest BCUT2D eigenvalue weighted by molar-refractivity contribution is -0.132. The molecule has 1 unspecified atom stereocenters. The van der Waals surface area contributed by atoms with E-state index in [4.69, 9.17) is 27.9 Å². The number of rotatable bonds is 5. The molecule has 3 aromatic rings. The largest absolute Gasteiger partial charge is 0.507 e. The summed E-state index contributed by atoms with van der Waals surface area (Å²) >= 11 is 12.5. The summed E-state index contributed by atoms with van der Waals surface area (Å²) in [6.45, 7) is 0. The second kappa shape index (κ2) is 9.37. The zero-order chi connectivity index (χ0) is 24.6. The Kier molecular flexibility index (Phi) is 6.50. The van der Waals surface area contributed by atoms with Crippen LogP contribution in [0.25, 0.3) is 5.76 Å². The lowest BCUT2D eigenvalue weighted by Crippen LogP contribution is -2.29. The molecule has 0 bridgehead atoms. The molecule has 1 N–H and O–H groups in total. The van der Waals surface area contributed by atoms with Crippen molar-refractivity contribution in [3.63, 3.8) is 0 Å². The molecule has 34 heavy (non-hydrogen) atoms. The van der Waals surface area contributed by atoms with Gasteiger partial charge in [-0.1, -0.05) is 23.2 Å². The lowest BCUT2D eigenvalue weighted by Gasteiger charge is -2.26. The molecule has 1 aliphatic heterocycles. The Morgan fingerprint density at radius 3 is 2.15 bits per heavy atom. The van der Waals surface area contributed by atoms with E-state index in [-0.39, 0.29) is 32.7 Å². The molecule has 0 radical (unpaired) electrons. The predicted octanol–water partition coefficient (Wildman–Crippen LogP) is 5.09. The van der Waals surface area contributed by atoms with Gasteiger partial charge in [0.05, 0.1) is 28.8 Å². The Morgan fingerprint density at radius 1 is 1.03 bits per heavy atom. The van der Waals surface area contributed by atoms with Crippen molar-refractivity contribution in [1.82, 2.24) is 4.98 Å². The van der Waals surface area contributed by atoms with Crippen molar-refractivity contribution in [2.75, 3.05) is 31.0 Å². The number of halogens is 2. The van der Waals surface area contributed by atoms with Crippen molar-refractivity contribution in [2.24, 2.45) is 0 Å². The van der Waals surface area contributed by atoms with Crippen LogP contribution in [-0.4, -0.2) is 43.0 Å². The second-order valence-electron chi connectivity index (χ2n) is 7.83. The number of aliphatic hydroxyl groups is 1. The first-order valence-corrected chi connectivity index (χ1v) is 11.0. The van der Waals surface area contributed by atoms with Gasteiger partial charge in [-0.05, 0) is 54.1 Å². The average molecular weight is 498 g/mol. The number of aromatic nitrogens is 1. The van der Waals surface area contributed by atoms with E-state index in [1.165, 1.54) is 24.1 Å². The number of benzene rings is 2. The third kappa shape index (κ3) is 4.08. The summed E-state index contributed by atoms with van der Waals surface area (Å²) in [4.78, 5) is 33.8. The number of amides is 1. The van der Waals surface area contributed by atoms with Gasteiger partial charge in [0.25, 0.3) is 11.7 Å². The van der Waals surface area contributed by atoms with Gasteiger partial charge >= 0.3 is 0 Å². The molecule has 0 spiro atoms. The topological polar surface area (TPSA) is 83.0 Å². The molecular weight excluding hydrogens is 477 g/mol. The molecule has 2 aromatic carbocycles. The summed E-state index contributed by atoms with van der Waals surface area (Å²) in [6, 6.07) is 12.6. The summed E-state index contributed by atoms with van der Waals surface area (Å²) in [5, 5.41) is 11.5. The molecule has 1 aromatic heterocycles. The molecule has 1 amide bonds. The molecule has 7 nitrogen and oxygen atoms in total. The van der Waals surface area contributed by atoms with Crippen molar-refractivity contribution in [3.8, 4) is 5.75 Å². The maximum atomic E-state index is 13.2. The number of ketones is 1. The zero-order valence-corrected chi connectivity index (χ0v) is 20.1. The SMILES string of the molecule is COc1c(Cl)cc(/C(O)=C2\C(=O)C(=O)N(c3ccc(N(C)C)cc3)C2c2ccncc2)cc1Cl. The Balaban J connectivity index is 1.91. The molecule has 0 aliphatic carbocycles. The van der Waals surface area contributed by atoms with Crippen LogP contribution in [0.1, 0.15) is 17.2 Å². The minimum atomic E-state index is -0.882. The molecule has 1 atom stereocenters. The molecule has 1 fully saturated rings. The number of nitrogens with zero attached hydrogens (tertiary/aromatic N) is 3. The highest BCUT2D eigenvalue weighted by molar-refractivity contribution is 6.51. The smallest absolute Gasteiger partial charge is 0.300 e. The van der Waals surface area contributed by atoms with Gasteiger partial charge in [-0.15, -0.1) is 0 Å². The van der Waals surface area contributed by atoms with E-state index in [0.29, 0.717) is 11.3 Å². The number of ether oxygens (including phenoxy) is 1. The van der Waals surface area contributed by atoms with Gasteiger partial charge < -0.3 is 14.7 Å². The summed E-state index contributed by atoms with van der Waals surface area (Å²) in [7, 11) is 5.23. The summed E-state index contributed by atoms with van der Waals surface area (Å²) < 4.78 is 5.16. The Morgan fingerprint density at radius 2 is 1.62 bits per heavy atom. The molecule has 174 valence electrons. The van der Waals surface area contributed by atoms with E-state index in [1.54, 1.807) is 36.7 Å². The molecule has 1 saturated heterocycles. The number of hydrogen-bond donors (Lipinski definition) is 1. The molecular formula is C25H21Cl2N3O4. The van der Waals surface area contributed by atoms with Crippen LogP contribution < -0.4 is 14.5 Å². The van der Waals surface area contributed by atoms with Gasteiger partial charge in [-0.25, -0.2) is 0 Å². The van der Waals surface area contributed by atoms with Crippen LogP contribution in [0.3, 0.4) is 0 Å². The van der Waals surface area contributed by atoms with Gasteiger partial charge in [0.15, 0.2) is 5.75 Å². The van der Waals surface area contributed by atoms with Crippen molar-refractivity contribution in [3.05, 3.63) is 87.7 Å². The van der Waals surface area contributed by atoms with Crippen LogP contribution in [0.15, 0.2) is 66.5 Å². The van der Waals surface area contributed by atoms with E-state index in [1.807, 2.05) is 31.1 Å². The highest BCUT2D eigenvalue weighted by atomic mass is 35.5. The molecule has 1 aliphatic rings. The number of aliphatic hydroxyl groups excluding tert-OH is 1. The number of carbonyl (C=O) groups excluding carboxylic acids is 2. The fraction of sp³-hybridized carbons (Fsp3) is 0.160. The first-order chi connectivity index (χ1) is 16.2. The van der Waals surface area contributed by atoms with Gasteiger partial charge in [-0.2, -0.15) is 0 Å². The number of carbonyl (C=O) groups is 2. The van der Waals surface area contributed by atoms with Crippen molar-refractivity contribution < 1.29 is 19.4 Å². The van der Waals surface area contributed by atoms with Crippen LogP contribution in [0, 0.1) is 0 Å². The van der Waals surface area contributed by atoms with Crippen molar-refractivity contribution in [2.45, 2.75) is 6.04 Å². The summed E-state index contributed by atoms with van der Waals surface area (Å²) in [6.07, 6.45) is 3.12. The maximum absolute atomic E-state index is 13.2. The highest BCUT2D eigenvalue weighted by Gasteiger charge is 2.47. The predicted molar refractivity (Wildman–Crippen MR) is 133 cm³/mol. The van der Waals surface area contributed by atoms with E-state index in [2.05, 4.69) is 4.98 Å². The van der Waals surface area contributed by atoms with E-state index in [0.717, 1.165) is 5.69 Å². The first-order valence-electron chi connectivity index (χ1n) is 10.3. The second-order valence-corrected chi connectivity index (χ2v) is 8.65. The molecule has 2 heterocycles. The standard InChI is InChI=1S/C25H21Cl2N3O4/c1-29(2)16-4-6-17(7-5-16)30-21(14-8-10-28-11-9-14)20(23(32)25(30)33)22(31)15-12-18(26)24(34-3)19(27)13-15/h4-13,21,31H,1-3H3/b22-20+. The quantitative estimate of drug-likeness (QED) is 0.300. The molecule has 9 heteroatoms. The van der Waals surface area contributed by atoms with Gasteiger partial charge in [-0.3, -0.25) is 19.5 Å². The number of methoxy groups -OCH3 is 1. The number of pyridine rings is 1. The Hall–Kier alpha value is -3.55. The number of hydrogen-bond acceptors (Lipinski definition) is 6. The monoisotopic (exact) mass is 497 g/mol. The van der Waals surface area contributed by atoms with E-state index in [9.17, 15) is 14.7 Å². The normalized spacial score (nSPS) is 17.2. The Labute approximate surface area is 206 Å². The third-order valence-corrected chi connectivity index (χ3v) is 6.15. The maximum Gasteiger partial charge on any atom is 0.300 e. The minimum absolute atomic E-state index is 0.0785. The van der Waals surface area contributed by atoms with Crippen LogP contribution in [0.4, 0.5) is 11.4 Å². The number of anilines is 2. The van der Waals surface area contributed by atoms with E-state index < -0.39 is 17.7 Å². The van der Waals surface area contributed by atoms with Gasteiger partial charge in [0, 0.05) is 43.4 Å². The van der Waals surface area contributed by atoms with Gasteiger partial charge in [0.1, 0.15) is 5.76 Å². The minimum Gasteiger partial charge on any atom is -0.507 e. The first kappa shape index (κ1) is 23.6. The summed E-state index contributed by atoms with van der Waals surface area (Å²) in [5.74, 6) is -1.73. The van der Waals surface area contributed by atoms with Crippen molar-refractivity contribution in [1.29, 1.82) is 0 Å². The van der Waals surface area contributed by atoms with Crippen LogP contribution in [-0.2, 0) is 9.59 Å². The third-order valence-electron chi connectivity index (χ3n) is 5.59. The van der Waals surface area contributed by atoms with Crippen LogP contribution in [0.2, 0.25) is 10.0 Å². The number of Topliss-reactive ketones (excluding diaryl/α,β-unsaturated/α-hetero) is 1. The summed E-state index contributed by atoms with van der Waals surface area (Å²) in [5.41, 5.74) is 2.17. The van der Waals surface area contributed by atoms with E-state index >= 15 is 0 Å². The average Bonchev–Trinajstić information content (AvgIpc) is 3.09. The van der Waals surface area contributed by atoms with Gasteiger partial charge in [0.2, 0.25) is 0 Å². The zero-order valence-electron chi connectivity index (χ0n) is 18.6. The fourth-order valence-corrected chi connectivity index (χ4v) is 4.56. The van der Waals surface area contributed by atoms with Crippen LogP contribution >= 0.6 is 23.2 Å². The molecule has 4 rings (SSSR count). The highest BCUT2D eigenvalue weighted by Crippen LogP contribution is 2.43.